The minimum atomic E-state index is -0.184. The lowest BCUT2D eigenvalue weighted by atomic mass is 10.2. The van der Waals surface area contributed by atoms with Gasteiger partial charge in [-0.25, -0.2) is 5.43 Å². The van der Waals surface area contributed by atoms with Gasteiger partial charge in [-0.1, -0.05) is 53.5 Å². The molecule has 0 bridgehead atoms. The highest BCUT2D eigenvalue weighted by molar-refractivity contribution is 7.99. The van der Waals surface area contributed by atoms with Crippen LogP contribution in [-0.2, 0) is 17.2 Å². The van der Waals surface area contributed by atoms with E-state index in [4.69, 9.17) is 32.7 Å². The highest BCUT2D eigenvalue weighted by Crippen LogP contribution is 2.29. The van der Waals surface area contributed by atoms with Gasteiger partial charge in [0.2, 0.25) is 5.91 Å². The molecule has 0 unspecified atom stereocenters. The number of ether oxygens (including phenoxy) is 2. The fourth-order valence-corrected chi connectivity index (χ4v) is 4.05. The van der Waals surface area contributed by atoms with Crippen molar-refractivity contribution in [2.24, 2.45) is 5.10 Å². The molecule has 0 heterocycles. The van der Waals surface area contributed by atoms with E-state index in [1.807, 2.05) is 73.7 Å². The van der Waals surface area contributed by atoms with Crippen LogP contribution in [-0.4, -0.2) is 24.5 Å². The number of nitrogens with zero attached hydrogens (tertiary/aromatic N) is 1. The Kier molecular flexibility index (Phi) is 9.94. The van der Waals surface area contributed by atoms with E-state index in [1.165, 1.54) is 11.8 Å². The standard InChI is InChI=1S/C25H24Cl2N2O3S/c1-2-31-24-13-19(9-12-23(24)32-15-18-7-10-21(26)11-8-18)14-28-29-25(30)17-33-16-20-5-3-4-6-22(20)27/h3-14H,2,15-17H2,1H3,(H,29,30)/b28-14-. The lowest BCUT2D eigenvalue weighted by molar-refractivity contribution is -0.118. The Hall–Kier alpha value is -2.67. The molecular weight excluding hydrogens is 479 g/mol. The van der Waals surface area contributed by atoms with Crippen LogP contribution in [0.3, 0.4) is 0 Å². The van der Waals surface area contributed by atoms with Crippen molar-refractivity contribution in [2.75, 3.05) is 12.4 Å². The van der Waals surface area contributed by atoms with Gasteiger partial charge in [0.1, 0.15) is 6.61 Å². The molecule has 5 nitrogen and oxygen atoms in total. The quantitative estimate of drug-likeness (QED) is 0.245. The van der Waals surface area contributed by atoms with E-state index < -0.39 is 0 Å². The van der Waals surface area contributed by atoms with Crippen molar-refractivity contribution in [3.8, 4) is 11.5 Å². The molecule has 3 rings (SSSR count). The molecule has 0 aromatic heterocycles. The van der Waals surface area contributed by atoms with Crippen LogP contribution >= 0.6 is 35.0 Å². The van der Waals surface area contributed by atoms with Gasteiger partial charge >= 0.3 is 0 Å². The Balaban J connectivity index is 1.50. The van der Waals surface area contributed by atoms with Gasteiger partial charge in [-0.3, -0.25) is 4.79 Å². The molecular formula is C25H24Cl2N2O3S. The van der Waals surface area contributed by atoms with Crippen LogP contribution < -0.4 is 14.9 Å². The van der Waals surface area contributed by atoms with Crippen molar-refractivity contribution in [3.05, 3.63) is 93.5 Å². The molecule has 0 fully saturated rings. The van der Waals surface area contributed by atoms with Gasteiger partial charge in [0, 0.05) is 15.8 Å². The number of nitrogens with one attached hydrogen (secondary N) is 1. The summed E-state index contributed by atoms with van der Waals surface area (Å²) in [7, 11) is 0. The minimum Gasteiger partial charge on any atom is -0.490 e. The lowest BCUT2D eigenvalue weighted by Gasteiger charge is -2.12. The van der Waals surface area contributed by atoms with Crippen LogP contribution in [0.15, 0.2) is 71.8 Å². The maximum Gasteiger partial charge on any atom is 0.250 e. The zero-order chi connectivity index (χ0) is 23.5. The number of halogens is 2. The number of carbonyl (C=O) groups excluding carboxylic acids is 1. The topological polar surface area (TPSA) is 59.9 Å². The van der Waals surface area contributed by atoms with Crippen LogP contribution in [0.2, 0.25) is 10.0 Å². The summed E-state index contributed by atoms with van der Waals surface area (Å²) in [5, 5.41) is 5.43. The molecule has 0 radical (unpaired) electrons. The van der Waals surface area contributed by atoms with Crippen LogP contribution in [0.25, 0.3) is 0 Å². The summed E-state index contributed by atoms with van der Waals surface area (Å²) in [6, 6.07) is 20.6. The summed E-state index contributed by atoms with van der Waals surface area (Å²) >= 11 is 13.5. The lowest BCUT2D eigenvalue weighted by Crippen LogP contribution is -2.19. The maximum atomic E-state index is 12.0. The zero-order valence-electron chi connectivity index (χ0n) is 18.1. The second kappa shape index (κ2) is 13.1. The monoisotopic (exact) mass is 502 g/mol. The molecule has 3 aromatic rings. The fourth-order valence-electron chi connectivity index (χ4n) is 2.81. The summed E-state index contributed by atoms with van der Waals surface area (Å²) in [5.74, 6) is 1.99. The van der Waals surface area contributed by atoms with E-state index in [1.54, 1.807) is 6.21 Å². The van der Waals surface area contributed by atoms with E-state index in [0.717, 1.165) is 16.7 Å². The highest BCUT2D eigenvalue weighted by atomic mass is 35.5. The Morgan fingerprint density at radius 2 is 1.82 bits per heavy atom. The SMILES string of the molecule is CCOc1cc(/C=N\NC(=O)CSCc2ccccc2Cl)ccc1OCc1ccc(Cl)cc1. The number of benzene rings is 3. The van der Waals surface area contributed by atoms with Crippen molar-refractivity contribution >= 4 is 47.1 Å². The number of amides is 1. The predicted octanol–water partition coefficient (Wildman–Crippen LogP) is 6.35. The largest absolute Gasteiger partial charge is 0.490 e. The highest BCUT2D eigenvalue weighted by Gasteiger charge is 2.07. The average molecular weight is 503 g/mol. The molecule has 8 heteroatoms. The third-order valence-corrected chi connectivity index (χ3v) is 6.03. The van der Waals surface area contributed by atoms with Gasteiger partial charge in [0.15, 0.2) is 11.5 Å². The molecule has 33 heavy (non-hydrogen) atoms. The normalized spacial score (nSPS) is 10.9. The van der Waals surface area contributed by atoms with Gasteiger partial charge in [-0.2, -0.15) is 5.10 Å². The Bertz CT molecular complexity index is 1090. The first kappa shape index (κ1) is 25.0. The van der Waals surface area contributed by atoms with Crippen molar-refractivity contribution in [1.29, 1.82) is 0 Å². The smallest absolute Gasteiger partial charge is 0.250 e. The van der Waals surface area contributed by atoms with Crippen molar-refractivity contribution in [1.82, 2.24) is 5.43 Å². The summed E-state index contributed by atoms with van der Waals surface area (Å²) in [6.45, 7) is 2.80. The van der Waals surface area contributed by atoms with Crippen LogP contribution in [0.1, 0.15) is 23.6 Å². The summed E-state index contributed by atoms with van der Waals surface area (Å²) in [5.41, 5.74) is 5.33. The number of thioether (sulfide) groups is 1. The van der Waals surface area contributed by atoms with Gasteiger partial charge in [0.05, 0.1) is 18.6 Å². The fraction of sp³-hybridized carbons (Fsp3) is 0.200. The van der Waals surface area contributed by atoms with Crippen molar-refractivity contribution in [3.63, 3.8) is 0 Å². The molecule has 0 atom stereocenters. The predicted molar refractivity (Wildman–Crippen MR) is 137 cm³/mol. The second-order valence-electron chi connectivity index (χ2n) is 6.93. The number of hydrogen-bond donors (Lipinski definition) is 1. The van der Waals surface area contributed by atoms with Crippen LogP contribution in [0, 0.1) is 0 Å². The first-order chi connectivity index (χ1) is 16.0. The molecule has 0 aliphatic carbocycles. The average Bonchev–Trinajstić information content (AvgIpc) is 2.81. The Morgan fingerprint density at radius 3 is 2.58 bits per heavy atom. The number of rotatable bonds is 11. The van der Waals surface area contributed by atoms with E-state index in [0.29, 0.717) is 40.5 Å². The van der Waals surface area contributed by atoms with E-state index in [-0.39, 0.29) is 11.7 Å². The molecule has 0 aliphatic heterocycles. The van der Waals surface area contributed by atoms with Crippen LogP contribution in [0.5, 0.6) is 11.5 Å². The second-order valence-corrected chi connectivity index (χ2v) is 8.76. The first-order valence-electron chi connectivity index (χ1n) is 10.3. The Morgan fingerprint density at radius 1 is 1.03 bits per heavy atom. The minimum absolute atomic E-state index is 0.184. The number of hydrazone groups is 1. The van der Waals surface area contributed by atoms with Crippen molar-refractivity contribution in [2.45, 2.75) is 19.3 Å². The van der Waals surface area contributed by atoms with E-state index in [9.17, 15) is 4.79 Å². The van der Waals surface area contributed by atoms with E-state index in [2.05, 4.69) is 10.5 Å². The summed E-state index contributed by atoms with van der Waals surface area (Å²) < 4.78 is 11.6. The number of hydrogen-bond acceptors (Lipinski definition) is 5. The zero-order valence-corrected chi connectivity index (χ0v) is 20.4. The third kappa shape index (κ3) is 8.31. The first-order valence-corrected chi connectivity index (χ1v) is 12.2. The van der Waals surface area contributed by atoms with Crippen molar-refractivity contribution < 1.29 is 14.3 Å². The molecule has 0 saturated carbocycles. The van der Waals surface area contributed by atoms with Gasteiger partial charge in [-0.15, -0.1) is 11.8 Å². The van der Waals surface area contributed by atoms with Gasteiger partial charge < -0.3 is 9.47 Å². The van der Waals surface area contributed by atoms with E-state index >= 15 is 0 Å². The molecule has 0 aliphatic rings. The molecule has 1 N–H and O–H groups in total. The summed E-state index contributed by atoms with van der Waals surface area (Å²) in [6.07, 6.45) is 1.57. The van der Waals surface area contributed by atoms with Crippen LogP contribution in [0.4, 0.5) is 0 Å². The molecule has 0 saturated heterocycles. The van der Waals surface area contributed by atoms with Gasteiger partial charge in [-0.05, 0) is 60.0 Å². The summed E-state index contributed by atoms with van der Waals surface area (Å²) in [4.78, 5) is 12.0. The Labute approximate surface area is 208 Å². The maximum absolute atomic E-state index is 12.0. The molecule has 0 spiro atoms. The molecule has 3 aromatic carbocycles. The number of carbonyl (C=O) groups is 1. The third-order valence-electron chi connectivity index (χ3n) is 4.43. The molecule has 1 amide bonds. The molecule has 172 valence electrons. The van der Waals surface area contributed by atoms with Gasteiger partial charge in [0.25, 0.3) is 0 Å².